The van der Waals surface area contributed by atoms with Crippen LogP contribution in [0.25, 0.3) is 0 Å². The average Bonchev–Trinajstić information content (AvgIpc) is 3.09. The third-order valence-corrected chi connectivity index (χ3v) is 5.20. The van der Waals surface area contributed by atoms with Gasteiger partial charge in [0, 0.05) is 36.8 Å². The van der Waals surface area contributed by atoms with Gasteiger partial charge in [0.05, 0.1) is 20.3 Å². The van der Waals surface area contributed by atoms with Crippen LogP contribution in [0.15, 0.2) is 48.5 Å². The van der Waals surface area contributed by atoms with Gasteiger partial charge in [0.2, 0.25) is 5.91 Å². The molecule has 1 aliphatic heterocycles. The Kier molecular flexibility index (Phi) is 5.98. The molecular weight excluding hydrogens is 342 g/mol. The second-order valence-electron chi connectivity index (χ2n) is 6.87. The minimum atomic E-state index is -0.280. The molecular formula is C21H27N3O3. The summed E-state index contributed by atoms with van der Waals surface area (Å²) in [6, 6.07) is 15.3. The maximum absolute atomic E-state index is 12.7. The van der Waals surface area contributed by atoms with Gasteiger partial charge in [-0.25, -0.2) is 0 Å². The van der Waals surface area contributed by atoms with Crippen molar-refractivity contribution in [3.8, 4) is 11.5 Å². The molecule has 0 aliphatic carbocycles. The predicted molar refractivity (Wildman–Crippen MR) is 106 cm³/mol. The van der Waals surface area contributed by atoms with E-state index in [1.54, 1.807) is 32.4 Å². The van der Waals surface area contributed by atoms with Crippen molar-refractivity contribution in [3.05, 3.63) is 54.1 Å². The van der Waals surface area contributed by atoms with E-state index in [0.29, 0.717) is 23.7 Å². The Labute approximate surface area is 160 Å². The number of anilines is 1. The van der Waals surface area contributed by atoms with Gasteiger partial charge >= 0.3 is 0 Å². The Balaban J connectivity index is 1.66. The number of nitrogens with one attached hydrogen (secondary N) is 1. The molecule has 0 spiro atoms. The molecule has 1 aliphatic rings. The van der Waals surface area contributed by atoms with Crippen LogP contribution in [0, 0.1) is 0 Å². The number of ether oxygens (including phenoxy) is 2. The van der Waals surface area contributed by atoms with Crippen LogP contribution >= 0.6 is 0 Å². The van der Waals surface area contributed by atoms with E-state index >= 15 is 0 Å². The molecule has 6 heteroatoms. The molecule has 1 heterocycles. The van der Waals surface area contributed by atoms with Gasteiger partial charge < -0.3 is 20.5 Å². The molecule has 0 bridgehead atoms. The largest absolute Gasteiger partial charge is 0.493 e. The van der Waals surface area contributed by atoms with Crippen LogP contribution in [0.2, 0.25) is 0 Å². The fraction of sp³-hybridized carbons (Fsp3) is 0.381. The molecule has 3 N–H and O–H groups in total. The van der Waals surface area contributed by atoms with Gasteiger partial charge in [-0.15, -0.1) is 0 Å². The van der Waals surface area contributed by atoms with Crippen molar-refractivity contribution in [1.29, 1.82) is 0 Å². The number of methoxy groups -OCH3 is 2. The summed E-state index contributed by atoms with van der Waals surface area (Å²) in [5, 5.41) is 2.96. The summed E-state index contributed by atoms with van der Waals surface area (Å²) in [5.74, 6) is 1.38. The van der Waals surface area contributed by atoms with Crippen LogP contribution < -0.4 is 20.5 Å². The minimum absolute atomic E-state index is 0.0173. The molecule has 0 radical (unpaired) electrons. The number of carbonyl (C=O) groups excluding carboxylic acids is 1. The standard InChI is InChI=1S/C21H27N3O3/c1-14(21(25)23-16-9-10-19(26-2)20(11-16)27-3)24-12-17(18(22)13-24)15-7-5-4-6-8-15/h4-11,14,17-18H,12-13,22H2,1-3H3,(H,23,25)/t14?,17-,18+/m0/s1. The lowest BCUT2D eigenvalue weighted by molar-refractivity contribution is -0.120. The second-order valence-corrected chi connectivity index (χ2v) is 6.87. The van der Waals surface area contributed by atoms with Gasteiger partial charge in [0.25, 0.3) is 0 Å². The molecule has 1 saturated heterocycles. The lowest BCUT2D eigenvalue weighted by Crippen LogP contribution is -2.41. The maximum Gasteiger partial charge on any atom is 0.241 e. The van der Waals surface area contributed by atoms with E-state index in [4.69, 9.17) is 15.2 Å². The molecule has 2 aromatic rings. The van der Waals surface area contributed by atoms with Crippen molar-refractivity contribution in [2.45, 2.75) is 24.9 Å². The summed E-state index contributed by atoms with van der Waals surface area (Å²) in [6.45, 7) is 3.38. The highest BCUT2D eigenvalue weighted by molar-refractivity contribution is 5.94. The number of rotatable bonds is 6. The molecule has 27 heavy (non-hydrogen) atoms. The third kappa shape index (κ3) is 4.23. The van der Waals surface area contributed by atoms with E-state index in [-0.39, 0.29) is 23.9 Å². The minimum Gasteiger partial charge on any atom is -0.493 e. The normalized spacial score (nSPS) is 20.9. The third-order valence-electron chi connectivity index (χ3n) is 5.20. The number of hydrogen-bond acceptors (Lipinski definition) is 5. The molecule has 3 atom stereocenters. The Bertz CT molecular complexity index is 781. The van der Waals surface area contributed by atoms with Crippen molar-refractivity contribution in [2.24, 2.45) is 5.73 Å². The molecule has 1 amide bonds. The molecule has 0 saturated carbocycles. The van der Waals surface area contributed by atoms with Gasteiger partial charge in [0.1, 0.15) is 0 Å². The highest BCUT2D eigenvalue weighted by Gasteiger charge is 2.35. The summed E-state index contributed by atoms with van der Waals surface area (Å²) in [7, 11) is 3.15. The number of carbonyl (C=O) groups is 1. The van der Waals surface area contributed by atoms with Crippen LogP contribution in [0.1, 0.15) is 18.4 Å². The molecule has 1 unspecified atom stereocenters. The van der Waals surface area contributed by atoms with Gasteiger partial charge in [-0.2, -0.15) is 0 Å². The first-order valence-corrected chi connectivity index (χ1v) is 9.11. The van der Waals surface area contributed by atoms with E-state index in [0.717, 1.165) is 6.54 Å². The van der Waals surface area contributed by atoms with Crippen molar-refractivity contribution in [1.82, 2.24) is 4.90 Å². The van der Waals surface area contributed by atoms with Crippen molar-refractivity contribution >= 4 is 11.6 Å². The Morgan fingerprint density at radius 1 is 1.11 bits per heavy atom. The summed E-state index contributed by atoms with van der Waals surface area (Å²) in [6.07, 6.45) is 0. The predicted octanol–water partition coefficient (Wildman–Crippen LogP) is 2.46. The number of nitrogens with zero attached hydrogens (tertiary/aromatic N) is 1. The number of likely N-dealkylation sites (tertiary alicyclic amines) is 1. The van der Waals surface area contributed by atoms with Gasteiger partial charge in [-0.1, -0.05) is 30.3 Å². The second kappa shape index (κ2) is 8.41. The van der Waals surface area contributed by atoms with Crippen molar-refractivity contribution < 1.29 is 14.3 Å². The summed E-state index contributed by atoms with van der Waals surface area (Å²) < 4.78 is 10.5. The quantitative estimate of drug-likeness (QED) is 0.818. The highest BCUT2D eigenvalue weighted by Crippen LogP contribution is 2.31. The van der Waals surface area contributed by atoms with E-state index in [1.165, 1.54) is 5.56 Å². The number of nitrogens with two attached hydrogens (primary N) is 1. The molecule has 2 aromatic carbocycles. The van der Waals surface area contributed by atoms with Crippen molar-refractivity contribution in [3.63, 3.8) is 0 Å². The van der Waals surface area contributed by atoms with Crippen LogP contribution in [-0.2, 0) is 4.79 Å². The first kappa shape index (κ1) is 19.2. The van der Waals surface area contributed by atoms with Crippen molar-refractivity contribution in [2.75, 3.05) is 32.6 Å². The van der Waals surface area contributed by atoms with Gasteiger partial charge in [-0.05, 0) is 24.6 Å². The smallest absolute Gasteiger partial charge is 0.241 e. The highest BCUT2D eigenvalue weighted by atomic mass is 16.5. The lowest BCUT2D eigenvalue weighted by Gasteiger charge is -2.23. The Hall–Kier alpha value is -2.57. The van der Waals surface area contributed by atoms with Crippen LogP contribution in [-0.4, -0.2) is 50.2 Å². The topological polar surface area (TPSA) is 76.8 Å². The summed E-state index contributed by atoms with van der Waals surface area (Å²) in [5.41, 5.74) is 8.25. The van der Waals surface area contributed by atoms with E-state index in [9.17, 15) is 4.79 Å². The fourth-order valence-corrected chi connectivity index (χ4v) is 3.56. The Morgan fingerprint density at radius 2 is 1.81 bits per heavy atom. The first-order chi connectivity index (χ1) is 13.0. The first-order valence-electron chi connectivity index (χ1n) is 9.11. The molecule has 144 valence electrons. The van der Waals surface area contributed by atoms with E-state index in [2.05, 4.69) is 22.3 Å². The van der Waals surface area contributed by atoms with Gasteiger partial charge in [-0.3, -0.25) is 9.69 Å². The zero-order valence-electron chi connectivity index (χ0n) is 16.0. The van der Waals surface area contributed by atoms with E-state index < -0.39 is 0 Å². The zero-order chi connectivity index (χ0) is 19.4. The van der Waals surface area contributed by atoms with Crippen LogP contribution in [0.3, 0.4) is 0 Å². The molecule has 6 nitrogen and oxygen atoms in total. The number of amides is 1. The number of hydrogen-bond donors (Lipinski definition) is 2. The summed E-state index contributed by atoms with van der Waals surface area (Å²) >= 11 is 0. The number of benzene rings is 2. The molecule has 1 fully saturated rings. The van der Waals surface area contributed by atoms with Crippen LogP contribution in [0.5, 0.6) is 11.5 Å². The molecule has 0 aromatic heterocycles. The van der Waals surface area contributed by atoms with Gasteiger partial charge in [0.15, 0.2) is 11.5 Å². The monoisotopic (exact) mass is 369 g/mol. The lowest BCUT2D eigenvalue weighted by atomic mass is 9.95. The van der Waals surface area contributed by atoms with Crippen LogP contribution in [0.4, 0.5) is 5.69 Å². The van der Waals surface area contributed by atoms with E-state index in [1.807, 2.05) is 25.1 Å². The average molecular weight is 369 g/mol. The SMILES string of the molecule is COc1ccc(NC(=O)C(C)N2C[C@@H](N)[C@H](c3ccccc3)C2)cc1OC. The molecule has 3 rings (SSSR count). The maximum atomic E-state index is 12.7. The zero-order valence-corrected chi connectivity index (χ0v) is 16.0. The summed E-state index contributed by atoms with van der Waals surface area (Å²) in [4.78, 5) is 14.9. The fourth-order valence-electron chi connectivity index (χ4n) is 3.56. The Morgan fingerprint density at radius 3 is 2.48 bits per heavy atom.